The van der Waals surface area contributed by atoms with Gasteiger partial charge in [-0.15, -0.1) is 0 Å². The fourth-order valence-electron chi connectivity index (χ4n) is 6.57. The van der Waals surface area contributed by atoms with E-state index < -0.39 is 90.8 Å². The largest absolute Gasteiger partial charge is 0.479 e. The Balaban J connectivity index is 0.000000417. The van der Waals surface area contributed by atoms with Crippen LogP contribution < -0.4 is 17.5 Å². The van der Waals surface area contributed by atoms with E-state index in [4.69, 9.17) is 78.8 Å². The predicted octanol–water partition coefficient (Wildman–Crippen LogP) is -5.02. The number of likely N-dealkylation sites (N-methyl/N-ethyl adjacent to an activating group) is 3. The molecule has 6 rings (SSSR count). The van der Waals surface area contributed by atoms with Crippen molar-refractivity contribution in [3.05, 3.63) is 106 Å². The highest BCUT2D eigenvalue weighted by atomic mass is 16.5. The van der Waals surface area contributed by atoms with Crippen LogP contribution in [0.5, 0.6) is 0 Å². The molecule has 0 heterocycles. The first kappa shape index (κ1) is 60.9. The first-order valence-electron chi connectivity index (χ1n) is 20.1. The van der Waals surface area contributed by atoms with Gasteiger partial charge in [-0.1, -0.05) is 72.8 Å². The first-order chi connectivity index (χ1) is 32.0. The molecule has 3 aliphatic rings. The maximum atomic E-state index is 9.89. The highest BCUT2D eigenvalue weighted by molar-refractivity contribution is 5.84. The summed E-state index contributed by atoms with van der Waals surface area (Å²) in [6, 6.07) is 23.9. The van der Waals surface area contributed by atoms with E-state index in [1.165, 1.54) is 16.7 Å². The minimum absolute atomic E-state index is 0.0254. The molecule has 0 amide bonds. The number of carbonyl (C=O) groups is 6. The molecular weight excluding hydrogens is 924 g/mol. The molecule has 3 aromatic rings. The second-order valence-electron chi connectivity index (χ2n) is 15.4. The SMILES string of the molecule is CN(N)[C@@H]1Cc2ccccc2[C@H]1O.CN(N)[C@@H]1Cc2ccccc2[C@H]1O.CN(N)[C@H]1Cc2ccccc2[C@@H]1O.O=C(O)[C@@H](O)[C@H](O)C(=O)O.O=C(O)[C@@H](O)[C@H](O)C(=O)O.O=C(O)[C@H](O)[C@@H](O)C(=O)O. The Morgan fingerprint density at radius 1 is 0.391 bits per heavy atom. The number of hydrazine groups is 3. The number of rotatable bonds is 12. The van der Waals surface area contributed by atoms with Crippen LogP contribution in [0.25, 0.3) is 0 Å². The number of aliphatic hydroxyl groups is 9. The molecule has 0 saturated carbocycles. The lowest BCUT2D eigenvalue weighted by Gasteiger charge is -2.21. The number of nitrogens with two attached hydrogens (primary N) is 3. The smallest absolute Gasteiger partial charge is 0.335 e. The van der Waals surface area contributed by atoms with E-state index in [9.17, 15) is 44.1 Å². The van der Waals surface area contributed by atoms with Crippen LogP contribution in [0.4, 0.5) is 0 Å². The Bertz CT molecular complexity index is 1870. The summed E-state index contributed by atoms with van der Waals surface area (Å²) in [5, 5.41) is 132. The van der Waals surface area contributed by atoms with E-state index in [-0.39, 0.29) is 18.1 Å². The van der Waals surface area contributed by atoms with Crippen molar-refractivity contribution >= 4 is 35.8 Å². The van der Waals surface area contributed by atoms with Crippen molar-refractivity contribution in [2.45, 2.75) is 92.3 Å². The number of nitrogens with zero attached hydrogens (tertiary/aromatic N) is 3. The van der Waals surface area contributed by atoms with E-state index in [0.29, 0.717) is 0 Å². The van der Waals surface area contributed by atoms with Crippen molar-refractivity contribution in [3.63, 3.8) is 0 Å². The van der Waals surface area contributed by atoms with E-state index in [1.54, 1.807) is 36.2 Å². The summed E-state index contributed by atoms with van der Waals surface area (Å²) in [7, 11) is 5.37. The molecule has 0 aliphatic heterocycles. The fourth-order valence-corrected chi connectivity index (χ4v) is 6.57. The minimum Gasteiger partial charge on any atom is -0.479 e. The third-order valence-electron chi connectivity index (χ3n) is 10.5. The maximum Gasteiger partial charge on any atom is 0.335 e. The standard InChI is InChI=1S/3C10H14N2O.3C4H6O6/c3*1-12(11)9-6-7-4-2-3-5-8(7)10(9)13;3*5-1(3(7)8)2(6)4(9)10/h3*2-5,9-10,13H,6,11H2,1H3;3*1-2,5-6H,(H,7,8)(H,9,10)/t3*9-,10-;3*1-,2-/m110100/s1. The molecule has 12 atom stereocenters. The Hall–Kier alpha value is -6.12. The molecular formula is C42H60N6O21. The van der Waals surface area contributed by atoms with Gasteiger partial charge in [-0.3, -0.25) is 17.5 Å². The maximum absolute atomic E-state index is 9.89. The van der Waals surface area contributed by atoms with Gasteiger partial charge in [-0.25, -0.2) is 43.8 Å². The number of carboxylic acid groups (broad SMARTS) is 6. The number of fused-ring (bicyclic) bond motifs is 3. The van der Waals surface area contributed by atoms with Gasteiger partial charge in [-0.05, 0) is 52.6 Å². The van der Waals surface area contributed by atoms with Gasteiger partial charge in [0.2, 0.25) is 0 Å². The Morgan fingerprint density at radius 3 is 0.681 bits per heavy atom. The molecule has 0 saturated heterocycles. The molecule has 27 nitrogen and oxygen atoms in total. The number of hydrogen-bond donors (Lipinski definition) is 18. The van der Waals surface area contributed by atoms with Crippen LogP contribution in [-0.4, -0.2) is 203 Å². The van der Waals surface area contributed by atoms with Crippen molar-refractivity contribution in [1.29, 1.82) is 0 Å². The second-order valence-corrected chi connectivity index (χ2v) is 15.4. The number of carboxylic acids is 6. The third-order valence-corrected chi connectivity index (χ3v) is 10.5. The molecule has 0 fully saturated rings. The number of aliphatic hydroxyl groups excluding tert-OH is 9. The zero-order chi connectivity index (χ0) is 53.2. The monoisotopic (exact) mass is 984 g/mol. The Morgan fingerprint density at radius 2 is 0.551 bits per heavy atom. The number of hydrogen-bond acceptors (Lipinski definition) is 21. The molecule has 0 unspecified atom stereocenters. The van der Waals surface area contributed by atoms with Crippen molar-refractivity contribution in [3.8, 4) is 0 Å². The van der Waals surface area contributed by atoms with E-state index >= 15 is 0 Å². The van der Waals surface area contributed by atoms with Crippen LogP contribution in [0.1, 0.15) is 51.7 Å². The molecule has 0 bridgehead atoms. The van der Waals surface area contributed by atoms with Gasteiger partial charge in [0.25, 0.3) is 0 Å². The van der Waals surface area contributed by atoms with Crippen LogP contribution in [-0.2, 0) is 48.0 Å². The van der Waals surface area contributed by atoms with Crippen LogP contribution in [0.3, 0.4) is 0 Å². The summed E-state index contributed by atoms with van der Waals surface area (Å²) >= 11 is 0. The normalized spacial score (nSPS) is 21.8. The van der Waals surface area contributed by atoms with Gasteiger partial charge in [0.1, 0.15) is 0 Å². The molecule has 0 radical (unpaired) electrons. The lowest BCUT2D eigenvalue weighted by molar-refractivity contribution is -0.165. The zero-order valence-electron chi connectivity index (χ0n) is 37.2. The molecule has 3 aromatic carbocycles. The summed E-state index contributed by atoms with van der Waals surface area (Å²) in [5.74, 6) is 6.31. The minimum atomic E-state index is -2.27. The first-order valence-corrected chi connectivity index (χ1v) is 20.1. The second kappa shape index (κ2) is 28.4. The average molecular weight is 985 g/mol. The van der Waals surface area contributed by atoms with Gasteiger partial charge in [0.05, 0.1) is 36.4 Å². The lowest BCUT2D eigenvalue weighted by Crippen LogP contribution is -2.40. The van der Waals surface area contributed by atoms with E-state index in [0.717, 1.165) is 36.0 Å². The van der Waals surface area contributed by atoms with E-state index in [2.05, 4.69) is 0 Å². The van der Waals surface area contributed by atoms with Gasteiger partial charge < -0.3 is 76.6 Å². The van der Waals surface area contributed by atoms with Gasteiger partial charge >= 0.3 is 35.8 Å². The molecule has 384 valence electrons. The summed E-state index contributed by atoms with van der Waals surface area (Å²) in [4.78, 5) is 58.6. The highest BCUT2D eigenvalue weighted by Crippen LogP contribution is 2.34. The third kappa shape index (κ3) is 18.0. The molecule has 0 spiro atoms. The molecule has 0 aromatic heterocycles. The Kier molecular flexibility index (Phi) is 25.1. The number of aliphatic carboxylic acids is 6. The van der Waals surface area contributed by atoms with Crippen molar-refractivity contribution in [2.24, 2.45) is 17.5 Å². The summed E-state index contributed by atoms with van der Waals surface area (Å²) in [6.45, 7) is 0. The fraction of sp³-hybridized carbons (Fsp3) is 0.429. The van der Waals surface area contributed by atoms with Crippen molar-refractivity contribution < 1.29 is 105 Å². The van der Waals surface area contributed by atoms with Crippen LogP contribution in [0.15, 0.2) is 72.8 Å². The molecule has 27 heteroatoms. The molecule has 69 heavy (non-hydrogen) atoms. The average Bonchev–Trinajstić information content (AvgIpc) is 3.95. The zero-order valence-corrected chi connectivity index (χ0v) is 37.2. The van der Waals surface area contributed by atoms with Gasteiger partial charge in [0.15, 0.2) is 36.6 Å². The van der Waals surface area contributed by atoms with Gasteiger partial charge in [-0.2, -0.15) is 0 Å². The topological polar surface area (TPSA) is 494 Å². The lowest BCUT2D eigenvalue weighted by atomic mass is 10.1. The van der Waals surface area contributed by atoms with Crippen molar-refractivity contribution in [2.75, 3.05) is 21.1 Å². The predicted molar refractivity (Wildman–Crippen MR) is 234 cm³/mol. The summed E-state index contributed by atoms with van der Waals surface area (Å²) in [6.07, 6.45) is -12.4. The van der Waals surface area contributed by atoms with Crippen LogP contribution in [0, 0.1) is 0 Å². The highest BCUT2D eigenvalue weighted by Gasteiger charge is 2.35. The summed E-state index contributed by atoms with van der Waals surface area (Å²) in [5.41, 5.74) is 6.67. The quantitative estimate of drug-likeness (QED) is 0.0597. The van der Waals surface area contributed by atoms with Gasteiger partial charge in [0, 0.05) is 21.1 Å². The summed E-state index contributed by atoms with van der Waals surface area (Å²) < 4.78 is 0. The van der Waals surface area contributed by atoms with Crippen LogP contribution >= 0.6 is 0 Å². The number of benzene rings is 3. The van der Waals surface area contributed by atoms with Crippen molar-refractivity contribution in [1.82, 2.24) is 15.0 Å². The molecule has 21 N–H and O–H groups in total. The van der Waals surface area contributed by atoms with E-state index in [1.807, 2.05) is 72.8 Å². The Labute approximate surface area is 392 Å². The molecule has 3 aliphatic carbocycles. The van der Waals surface area contributed by atoms with Crippen LogP contribution in [0.2, 0.25) is 0 Å².